The fourth-order valence-corrected chi connectivity index (χ4v) is 2.55. The molecular formula is C13H15Cl2NO5. The Hall–Kier alpha value is -1.08. The van der Waals surface area contributed by atoms with E-state index in [1.807, 2.05) is 0 Å². The van der Waals surface area contributed by atoms with Gasteiger partial charge in [0.1, 0.15) is 18.0 Å². The summed E-state index contributed by atoms with van der Waals surface area (Å²) in [5.41, 5.74) is -0.0759. The first-order chi connectivity index (χ1) is 10.0. The number of hydrogen-bond donors (Lipinski definition) is 0. The standard InChI is InChI=1S/C13H15Cl2NO5/c1-19-4-5-20-13-10(15)7-12(13)21-11-6-8(16(17)18)2-3-9(11)14/h2-3,6,10,12-13H,4-5,7H2,1H3. The predicted octanol–water partition coefficient (Wildman–Crippen LogP) is 3.04. The van der Waals surface area contributed by atoms with Crippen LogP contribution in [0.1, 0.15) is 6.42 Å². The third-order valence-electron chi connectivity index (χ3n) is 3.18. The van der Waals surface area contributed by atoms with E-state index in [0.717, 1.165) is 0 Å². The molecule has 21 heavy (non-hydrogen) atoms. The van der Waals surface area contributed by atoms with E-state index in [2.05, 4.69) is 0 Å². The maximum absolute atomic E-state index is 10.8. The van der Waals surface area contributed by atoms with Crippen LogP contribution in [0.5, 0.6) is 5.75 Å². The van der Waals surface area contributed by atoms with Crippen LogP contribution >= 0.6 is 23.2 Å². The molecule has 0 aromatic heterocycles. The van der Waals surface area contributed by atoms with Crippen LogP contribution in [-0.2, 0) is 9.47 Å². The molecule has 116 valence electrons. The molecule has 1 aromatic carbocycles. The summed E-state index contributed by atoms with van der Waals surface area (Å²) in [6, 6.07) is 4.07. The third kappa shape index (κ3) is 3.97. The summed E-state index contributed by atoms with van der Waals surface area (Å²) < 4.78 is 16.2. The highest BCUT2D eigenvalue weighted by Crippen LogP contribution is 2.36. The molecule has 3 unspecified atom stereocenters. The summed E-state index contributed by atoms with van der Waals surface area (Å²) in [7, 11) is 1.58. The molecule has 0 saturated heterocycles. The second kappa shape index (κ2) is 7.26. The van der Waals surface area contributed by atoms with Gasteiger partial charge in [-0.05, 0) is 6.07 Å². The Morgan fingerprint density at radius 3 is 2.81 bits per heavy atom. The molecule has 1 saturated carbocycles. The molecule has 0 N–H and O–H groups in total. The number of halogens is 2. The van der Waals surface area contributed by atoms with Crippen molar-refractivity contribution in [2.75, 3.05) is 20.3 Å². The second-order valence-corrected chi connectivity index (χ2v) is 5.58. The fourth-order valence-electron chi connectivity index (χ4n) is 1.98. The van der Waals surface area contributed by atoms with Gasteiger partial charge in [-0.1, -0.05) is 11.6 Å². The molecule has 3 atom stereocenters. The molecule has 1 fully saturated rings. The van der Waals surface area contributed by atoms with E-state index in [9.17, 15) is 10.1 Å². The minimum atomic E-state index is -0.499. The lowest BCUT2D eigenvalue weighted by Gasteiger charge is -2.40. The van der Waals surface area contributed by atoms with Gasteiger partial charge in [0.25, 0.3) is 5.69 Å². The largest absolute Gasteiger partial charge is 0.486 e. The lowest BCUT2D eigenvalue weighted by atomic mass is 9.91. The molecule has 8 heteroatoms. The Labute approximate surface area is 132 Å². The summed E-state index contributed by atoms with van der Waals surface area (Å²) in [5.74, 6) is 0.264. The Kier molecular flexibility index (Phi) is 5.64. The van der Waals surface area contributed by atoms with Gasteiger partial charge in [-0.3, -0.25) is 10.1 Å². The first-order valence-electron chi connectivity index (χ1n) is 6.38. The maximum atomic E-state index is 10.8. The Bertz CT molecular complexity index is 513. The Morgan fingerprint density at radius 2 is 2.19 bits per heavy atom. The zero-order chi connectivity index (χ0) is 15.4. The first kappa shape index (κ1) is 16.3. The van der Waals surface area contributed by atoms with Crippen molar-refractivity contribution in [3.05, 3.63) is 33.3 Å². The highest BCUT2D eigenvalue weighted by atomic mass is 35.5. The van der Waals surface area contributed by atoms with E-state index in [1.165, 1.54) is 18.2 Å². The van der Waals surface area contributed by atoms with Gasteiger partial charge < -0.3 is 14.2 Å². The molecule has 0 radical (unpaired) electrons. The molecule has 0 bridgehead atoms. The number of alkyl halides is 1. The molecule has 6 nitrogen and oxygen atoms in total. The fraction of sp³-hybridized carbons (Fsp3) is 0.538. The summed E-state index contributed by atoms with van der Waals surface area (Å²) in [4.78, 5) is 10.3. The summed E-state index contributed by atoms with van der Waals surface area (Å²) >= 11 is 12.1. The van der Waals surface area contributed by atoms with Crippen molar-refractivity contribution in [3.63, 3.8) is 0 Å². The molecule has 0 aliphatic heterocycles. The highest BCUT2D eigenvalue weighted by molar-refractivity contribution is 6.32. The van der Waals surface area contributed by atoms with Gasteiger partial charge in [0.15, 0.2) is 0 Å². The molecule has 2 rings (SSSR count). The van der Waals surface area contributed by atoms with Gasteiger partial charge >= 0.3 is 0 Å². The van der Waals surface area contributed by atoms with Crippen molar-refractivity contribution in [1.29, 1.82) is 0 Å². The summed E-state index contributed by atoms with van der Waals surface area (Å²) in [5, 5.41) is 10.9. The molecule has 0 amide bonds. The van der Waals surface area contributed by atoms with Crippen LogP contribution in [-0.4, -0.2) is 42.8 Å². The number of nitro benzene ring substituents is 1. The zero-order valence-corrected chi connectivity index (χ0v) is 12.8. The maximum Gasteiger partial charge on any atom is 0.273 e. The number of ether oxygens (including phenoxy) is 3. The molecule has 0 heterocycles. The SMILES string of the molecule is COCCOC1C(Cl)CC1Oc1cc([N+](=O)[O-])ccc1Cl. The Balaban J connectivity index is 2.00. The van der Waals surface area contributed by atoms with Gasteiger partial charge in [-0.15, -0.1) is 11.6 Å². The molecule has 1 aliphatic carbocycles. The number of nitro groups is 1. The highest BCUT2D eigenvalue weighted by Gasteiger charge is 2.43. The second-order valence-electron chi connectivity index (χ2n) is 4.61. The van der Waals surface area contributed by atoms with Crippen LogP contribution in [0.15, 0.2) is 18.2 Å². The molecule has 1 aliphatic rings. The van der Waals surface area contributed by atoms with Gasteiger partial charge in [0, 0.05) is 19.6 Å². The summed E-state index contributed by atoms with van der Waals surface area (Å²) in [6.45, 7) is 0.872. The van der Waals surface area contributed by atoms with Crippen LogP contribution < -0.4 is 4.74 Å². The number of nitrogens with zero attached hydrogens (tertiary/aromatic N) is 1. The van der Waals surface area contributed by atoms with Gasteiger partial charge in [0.05, 0.1) is 34.6 Å². The predicted molar refractivity (Wildman–Crippen MR) is 78.4 cm³/mol. The lowest BCUT2D eigenvalue weighted by molar-refractivity contribution is -0.385. The monoisotopic (exact) mass is 335 g/mol. The number of methoxy groups -OCH3 is 1. The number of rotatable bonds is 7. The van der Waals surface area contributed by atoms with E-state index in [-0.39, 0.29) is 29.0 Å². The van der Waals surface area contributed by atoms with Crippen LogP contribution in [0.2, 0.25) is 5.02 Å². The van der Waals surface area contributed by atoms with E-state index < -0.39 is 4.92 Å². The van der Waals surface area contributed by atoms with Crippen molar-refractivity contribution < 1.29 is 19.1 Å². The van der Waals surface area contributed by atoms with Crippen LogP contribution in [0.4, 0.5) is 5.69 Å². The number of benzene rings is 1. The van der Waals surface area contributed by atoms with Crippen LogP contribution in [0.25, 0.3) is 0 Å². The minimum absolute atomic E-state index is 0.0759. The van der Waals surface area contributed by atoms with E-state index in [4.69, 9.17) is 37.4 Å². The van der Waals surface area contributed by atoms with E-state index in [0.29, 0.717) is 24.7 Å². The molecule has 1 aromatic rings. The average molecular weight is 336 g/mol. The molecular weight excluding hydrogens is 321 g/mol. The molecule has 0 spiro atoms. The minimum Gasteiger partial charge on any atom is -0.486 e. The normalized spacial score (nSPS) is 24.4. The van der Waals surface area contributed by atoms with Gasteiger partial charge in [0.2, 0.25) is 0 Å². The lowest BCUT2D eigenvalue weighted by Crippen LogP contribution is -2.53. The van der Waals surface area contributed by atoms with Crippen molar-refractivity contribution in [2.24, 2.45) is 0 Å². The Morgan fingerprint density at radius 1 is 1.43 bits per heavy atom. The van der Waals surface area contributed by atoms with Crippen molar-refractivity contribution >= 4 is 28.9 Å². The quantitative estimate of drug-likeness (QED) is 0.331. The van der Waals surface area contributed by atoms with E-state index in [1.54, 1.807) is 7.11 Å². The van der Waals surface area contributed by atoms with Crippen molar-refractivity contribution in [2.45, 2.75) is 24.0 Å². The third-order valence-corrected chi connectivity index (χ3v) is 3.92. The van der Waals surface area contributed by atoms with Crippen molar-refractivity contribution in [1.82, 2.24) is 0 Å². The topological polar surface area (TPSA) is 70.8 Å². The number of non-ortho nitro benzene ring substituents is 1. The van der Waals surface area contributed by atoms with Gasteiger partial charge in [-0.25, -0.2) is 0 Å². The smallest absolute Gasteiger partial charge is 0.273 e. The average Bonchev–Trinajstić information content (AvgIpc) is 2.44. The van der Waals surface area contributed by atoms with Crippen molar-refractivity contribution in [3.8, 4) is 5.75 Å². The van der Waals surface area contributed by atoms with Gasteiger partial charge in [-0.2, -0.15) is 0 Å². The van der Waals surface area contributed by atoms with Crippen LogP contribution in [0.3, 0.4) is 0 Å². The summed E-state index contributed by atoms with van der Waals surface area (Å²) in [6.07, 6.45) is 0.0408. The zero-order valence-electron chi connectivity index (χ0n) is 11.3. The van der Waals surface area contributed by atoms with Crippen LogP contribution in [0, 0.1) is 10.1 Å². The first-order valence-corrected chi connectivity index (χ1v) is 7.19. The number of hydrogen-bond acceptors (Lipinski definition) is 5. The van der Waals surface area contributed by atoms with E-state index >= 15 is 0 Å².